The summed E-state index contributed by atoms with van der Waals surface area (Å²) in [7, 11) is 1.84. The SMILES string of the molecule is Cc1cc(O[C@H]2CC(C(=O)NO)C(C(=O)N3CCN(c4ccccc4)CC3)N(C)C2)c2ccccc2n1. The zero-order chi connectivity index (χ0) is 25.9. The number of fused-ring (bicyclic) bond motifs is 1. The average Bonchev–Trinajstić information content (AvgIpc) is 2.92. The fourth-order valence-electron chi connectivity index (χ4n) is 5.57. The van der Waals surface area contributed by atoms with Crippen molar-refractivity contribution in [2.24, 2.45) is 5.92 Å². The first-order chi connectivity index (χ1) is 17.9. The number of aryl methyl sites for hydroxylation is 1. The van der Waals surface area contributed by atoms with Crippen molar-refractivity contribution in [3.8, 4) is 5.75 Å². The maximum absolute atomic E-state index is 13.7. The average molecular weight is 504 g/mol. The number of ether oxygens (including phenoxy) is 1. The monoisotopic (exact) mass is 503 g/mol. The molecule has 9 nitrogen and oxygen atoms in total. The van der Waals surface area contributed by atoms with E-state index in [2.05, 4.69) is 22.0 Å². The highest BCUT2D eigenvalue weighted by molar-refractivity contribution is 5.90. The smallest absolute Gasteiger partial charge is 0.248 e. The molecule has 0 bridgehead atoms. The van der Waals surface area contributed by atoms with Crippen LogP contribution in [0.3, 0.4) is 0 Å². The summed E-state index contributed by atoms with van der Waals surface area (Å²) >= 11 is 0. The molecule has 0 saturated carbocycles. The molecular formula is C28H33N5O4. The standard InChI is InChI=1S/C28H33N5O4/c1-19-16-25(22-10-6-7-11-24(22)29-19)37-21-17-23(27(34)30-36)26(31(2)18-21)28(35)33-14-12-32(13-15-33)20-8-4-3-5-9-20/h3-11,16,21,23,26,36H,12-15,17-18H2,1-2H3,(H,30,34)/t21-,23?,26?/m0/s1. The molecule has 2 aromatic carbocycles. The molecular weight excluding hydrogens is 470 g/mol. The van der Waals surface area contributed by atoms with E-state index in [-0.39, 0.29) is 12.0 Å². The molecule has 194 valence electrons. The summed E-state index contributed by atoms with van der Waals surface area (Å²) < 4.78 is 6.41. The summed E-state index contributed by atoms with van der Waals surface area (Å²) in [5, 5.41) is 10.4. The molecule has 5 rings (SSSR count). The van der Waals surface area contributed by atoms with Crippen LogP contribution in [0.15, 0.2) is 60.7 Å². The van der Waals surface area contributed by atoms with E-state index in [0.717, 1.165) is 35.4 Å². The highest BCUT2D eigenvalue weighted by atomic mass is 16.5. The minimum absolute atomic E-state index is 0.0903. The number of amides is 2. The molecule has 2 fully saturated rings. The summed E-state index contributed by atoms with van der Waals surface area (Å²) in [6, 6.07) is 19.1. The van der Waals surface area contributed by atoms with Gasteiger partial charge in [0.2, 0.25) is 11.8 Å². The van der Waals surface area contributed by atoms with Gasteiger partial charge in [0.25, 0.3) is 0 Å². The summed E-state index contributed by atoms with van der Waals surface area (Å²) in [5.74, 6) is -0.710. The van der Waals surface area contributed by atoms with Gasteiger partial charge in [-0.1, -0.05) is 30.3 Å². The molecule has 0 spiro atoms. The lowest BCUT2D eigenvalue weighted by atomic mass is 9.86. The van der Waals surface area contributed by atoms with Crippen LogP contribution in [-0.2, 0) is 9.59 Å². The number of carbonyl (C=O) groups excluding carboxylic acids is 2. The number of aromatic nitrogens is 1. The molecule has 2 unspecified atom stereocenters. The summed E-state index contributed by atoms with van der Waals surface area (Å²) in [5.41, 5.74) is 4.60. The van der Waals surface area contributed by atoms with Crippen molar-refractivity contribution >= 4 is 28.4 Å². The Morgan fingerprint density at radius 3 is 2.46 bits per heavy atom. The predicted molar refractivity (Wildman–Crippen MR) is 141 cm³/mol. The Balaban J connectivity index is 1.31. The van der Waals surface area contributed by atoms with E-state index in [1.54, 1.807) is 5.48 Å². The number of hydroxylamine groups is 1. The van der Waals surface area contributed by atoms with Gasteiger partial charge in [0.15, 0.2) is 0 Å². The maximum Gasteiger partial charge on any atom is 0.248 e. The summed E-state index contributed by atoms with van der Waals surface area (Å²) in [6.45, 7) is 5.00. The third-order valence-electron chi connectivity index (χ3n) is 7.38. The van der Waals surface area contributed by atoms with Crippen molar-refractivity contribution in [2.75, 3.05) is 44.7 Å². The number of nitrogens with one attached hydrogen (secondary N) is 1. The number of hydrogen-bond acceptors (Lipinski definition) is 7. The Morgan fingerprint density at radius 2 is 1.73 bits per heavy atom. The van der Waals surface area contributed by atoms with Crippen LogP contribution in [0.2, 0.25) is 0 Å². The van der Waals surface area contributed by atoms with Crippen molar-refractivity contribution in [3.05, 3.63) is 66.4 Å². The summed E-state index contributed by atoms with van der Waals surface area (Å²) in [4.78, 5) is 37.0. The van der Waals surface area contributed by atoms with Gasteiger partial charge in [-0.25, -0.2) is 5.48 Å². The van der Waals surface area contributed by atoms with Gasteiger partial charge in [0.05, 0.1) is 11.4 Å². The highest BCUT2D eigenvalue weighted by Crippen LogP contribution is 2.31. The van der Waals surface area contributed by atoms with Gasteiger partial charge in [-0.3, -0.25) is 24.7 Å². The first-order valence-corrected chi connectivity index (χ1v) is 12.7. The van der Waals surface area contributed by atoms with E-state index in [1.807, 2.05) is 72.3 Å². The number of likely N-dealkylation sites (tertiary alicyclic amines) is 1. The maximum atomic E-state index is 13.7. The fourth-order valence-corrected chi connectivity index (χ4v) is 5.57. The van der Waals surface area contributed by atoms with E-state index < -0.39 is 17.9 Å². The number of benzene rings is 2. The molecule has 9 heteroatoms. The molecule has 3 atom stereocenters. The number of piperazine rings is 1. The molecule has 1 aromatic heterocycles. The van der Waals surface area contributed by atoms with Gasteiger partial charge in [0, 0.05) is 55.6 Å². The number of anilines is 1. The molecule has 0 aliphatic carbocycles. The van der Waals surface area contributed by atoms with Gasteiger partial charge in [-0.05, 0) is 44.7 Å². The largest absolute Gasteiger partial charge is 0.488 e. The Hall–Kier alpha value is -3.69. The molecule has 2 aliphatic heterocycles. The van der Waals surface area contributed by atoms with Crippen LogP contribution in [0.25, 0.3) is 10.9 Å². The quantitative estimate of drug-likeness (QED) is 0.408. The van der Waals surface area contributed by atoms with Gasteiger partial charge in [-0.15, -0.1) is 0 Å². The van der Waals surface area contributed by atoms with E-state index in [9.17, 15) is 14.8 Å². The lowest BCUT2D eigenvalue weighted by Crippen LogP contribution is -2.62. The van der Waals surface area contributed by atoms with Crippen molar-refractivity contribution in [1.29, 1.82) is 0 Å². The lowest BCUT2D eigenvalue weighted by Gasteiger charge is -2.44. The Kier molecular flexibility index (Phi) is 7.25. The fraction of sp³-hybridized carbons (Fsp3) is 0.393. The third kappa shape index (κ3) is 5.23. The van der Waals surface area contributed by atoms with Crippen LogP contribution in [0.4, 0.5) is 5.69 Å². The topological polar surface area (TPSA) is 98.2 Å². The number of piperidine rings is 1. The minimum Gasteiger partial charge on any atom is -0.488 e. The molecule has 2 saturated heterocycles. The third-order valence-corrected chi connectivity index (χ3v) is 7.38. The number of nitrogens with zero attached hydrogens (tertiary/aromatic N) is 4. The van der Waals surface area contributed by atoms with Crippen molar-refractivity contribution in [1.82, 2.24) is 20.3 Å². The Morgan fingerprint density at radius 1 is 1.03 bits per heavy atom. The second-order valence-corrected chi connectivity index (χ2v) is 9.87. The molecule has 0 radical (unpaired) electrons. The molecule has 3 heterocycles. The van der Waals surface area contributed by atoms with Crippen LogP contribution in [0.5, 0.6) is 5.75 Å². The van der Waals surface area contributed by atoms with E-state index >= 15 is 0 Å². The number of pyridine rings is 1. The predicted octanol–water partition coefficient (Wildman–Crippen LogP) is 2.47. The lowest BCUT2D eigenvalue weighted by molar-refractivity contribution is -0.151. The second-order valence-electron chi connectivity index (χ2n) is 9.87. The molecule has 37 heavy (non-hydrogen) atoms. The van der Waals surface area contributed by atoms with Crippen molar-refractivity contribution < 1.29 is 19.5 Å². The number of para-hydroxylation sites is 2. The number of hydrogen-bond donors (Lipinski definition) is 2. The normalized spacial score (nSPS) is 22.6. The first-order valence-electron chi connectivity index (χ1n) is 12.7. The van der Waals surface area contributed by atoms with Crippen LogP contribution in [0.1, 0.15) is 12.1 Å². The number of likely N-dealkylation sites (N-methyl/N-ethyl adjacent to an activating group) is 1. The van der Waals surface area contributed by atoms with Crippen LogP contribution >= 0.6 is 0 Å². The second kappa shape index (κ2) is 10.7. The molecule has 3 aromatic rings. The molecule has 2 amide bonds. The van der Waals surface area contributed by atoms with Crippen molar-refractivity contribution in [3.63, 3.8) is 0 Å². The Bertz CT molecular complexity index is 1260. The van der Waals surface area contributed by atoms with E-state index in [4.69, 9.17) is 4.74 Å². The van der Waals surface area contributed by atoms with Gasteiger partial charge < -0.3 is 14.5 Å². The van der Waals surface area contributed by atoms with E-state index in [1.165, 1.54) is 0 Å². The van der Waals surface area contributed by atoms with Crippen LogP contribution < -0.4 is 15.1 Å². The zero-order valence-corrected chi connectivity index (χ0v) is 21.2. The Labute approximate surface area is 216 Å². The van der Waals surface area contributed by atoms with Gasteiger partial charge >= 0.3 is 0 Å². The number of rotatable bonds is 5. The zero-order valence-electron chi connectivity index (χ0n) is 21.2. The van der Waals surface area contributed by atoms with Gasteiger partial charge in [-0.2, -0.15) is 0 Å². The molecule has 2 N–H and O–H groups in total. The number of carbonyl (C=O) groups is 2. The summed E-state index contributed by atoms with van der Waals surface area (Å²) in [6.07, 6.45) is -0.0243. The van der Waals surface area contributed by atoms with Gasteiger partial charge in [0.1, 0.15) is 17.9 Å². The van der Waals surface area contributed by atoms with Crippen molar-refractivity contribution in [2.45, 2.75) is 25.5 Å². The minimum atomic E-state index is -0.748. The van der Waals surface area contributed by atoms with E-state index in [0.29, 0.717) is 31.8 Å². The van der Waals surface area contributed by atoms with Crippen LogP contribution in [-0.4, -0.2) is 83.7 Å². The highest BCUT2D eigenvalue weighted by Gasteiger charge is 2.45. The van der Waals surface area contributed by atoms with Crippen LogP contribution in [0, 0.1) is 12.8 Å². The molecule has 2 aliphatic rings. The first kappa shape index (κ1) is 25.0.